The summed E-state index contributed by atoms with van der Waals surface area (Å²) in [6, 6.07) is 13.9. The van der Waals surface area contributed by atoms with Crippen molar-refractivity contribution in [2.45, 2.75) is 37.5 Å². The zero-order chi connectivity index (χ0) is 23.0. The highest BCUT2D eigenvalue weighted by Crippen LogP contribution is 2.22. The highest BCUT2D eigenvalue weighted by Gasteiger charge is 2.25. The molecule has 2 amide bonds. The molecule has 2 aromatic carbocycles. The second-order valence-corrected chi connectivity index (χ2v) is 10.6. The van der Waals surface area contributed by atoms with Crippen LogP contribution in [0.25, 0.3) is 0 Å². The molecule has 0 aromatic heterocycles. The molecule has 0 radical (unpaired) electrons. The van der Waals surface area contributed by atoms with Crippen LogP contribution in [-0.4, -0.2) is 49.1 Å². The van der Waals surface area contributed by atoms with Gasteiger partial charge in [0.05, 0.1) is 16.4 Å². The van der Waals surface area contributed by atoms with Crippen LogP contribution in [0.2, 0.25) is 0 Å². The Morgan fingerprint density at radius 3 is 1.84 bits per heavy atom. The van der Waals surface area contributed by atoms with Gasteiger partial charge in [-0.25, -0.2) is 8.42 Å². The lowest BCUT2D eigenvalue weighted by atomic mass is 10.1. The van der Waals surface area contributed by atoms with Crippen molar-refractivity contribution in [3.63, 3.8) is 0 Å². The number of nitrogens with zero attached hydrogens (tertiary/aromatic N) is 1. The Bertz CT molecular complexity index is 1020. The molecule has 9 heteroatoms. The van der Waals surface area contributed by atoms with Crippen LogP contribution in [0.4, 0.5) is 11.4 Å². The maximum absolute atomic E-state index is 12.7. The van der Waals surface area contributed by atoms with Crippen molar-refractivity contribution in [1.29, 1.82) is 0 Å². The molecule has 0 aliphatic carbocycles. The Balaban J connectivity index is 1.43. The third kappa shape index (κ3) is 6.82. The molecule has 0 atom stereocenters. The summed E-state index contributed by atoms with van der Waals surface area (Å²) in [5.41, 5.74) is 2.46. The molecule has 1 aliphatic heterocycles. The van der Waals surface area contributed by atoms with E-state index in [0.717, 1.165) is 31.4 Å². The van der Waals surface area contributed by atoms with Crippen LogP contribution < -0.4 is 10.6 Å². The van der Waals surface area contributed by atoms with E-state index in [9.17, 15) is 18.0 Å². The molecule has 0 unspecified atom stereocenters. The zero-order valence-corrected chi connectivity index (χ0v) is 19.8. The van der Waals surface area contributed by atoms with E-state index in [4.69, 9.17) is 0 Å². The number of nitrogens with one attached hydrogen (secondary N) is 2. The van der Waals surface area contributed by atoms with Crippen molar-refractivity contribution in [2.75, 3.05) is 35.2 Å². The van der Waals surface area contributed by atoms with Gasteiger partial charge in [0, 0.05) is 24.5 Å². The second kappa shape index (κ2) is 11.5. The van der Waals surface area contributed by atoms with Gasteiger partial charge < -0.3 is 10.6 Å². The monoisotopic (exact) mass is 475 g/mol. The molecule has 0 saturated carbocycles. The largest absolute Gasteiger partial charge is 0.325 e. The van der Waals surface area contributed by atoms with Crippen molar-refractivity contribution >= 4 is 45.0 Å². The van der Waals surface area contributed by atoms with Gasteiger partial charge in [-0.1, -0.05) is 25.5 Å². The van der Waals surface area contributed by atoms with Crippen LogP contribution >= 0.6 is 11.8 Å². The summed E-state index contributed by atoms with van der Waals surface area (Å²) in [7, 11) is -3.49. The minimum absolute atomic E-state index is 0.121. The van der Waals surface area contributed by atoms with E-state index in [2.05, 4.69) is 17.6 Å². The normalized spacial score (nSPS) is 14.7. The van der Waals surface area contributed by atoms with Gasteiger partial charge in [-0.05, 0) is 61.2 Å². The number of aryl methyl sites for hydroxylation is 1. The van der Waals surface area contributed by atoms with Crippen molar-refractivity contribution < 1.29 is 18.0 Å². The van der Waals surface area contributed by atoms with Crippen molar-refractivity contribution in [3.8, 4) is 0 Å². The molecule has 1 heterocycles. The van der Waals surface area contributed by atoms with Crippen LogP contribution in [0.1, 0.15) is 31.7 Å². The first-order valence-corrected chi connectivity index (χ1v) is 13.3. The summed E-state index contributed by atoms with van der Waals surface area (Å²) in [4.78, 5) is 24.4. The molecule has 32 heavy (non-hydrogen) atoms. The van der Waals surface area contributed by atoms with Crippen LogP contribution in [0.3, 0.4) is 0 Å². The number of amides is 2. The van der Waals surface area contributed by atoms with E-state index in [1.807, 2.05) is 24.3 Å². The third-order valence-electron chi connectivity index (χ3n) is 5.20. The number of hydrogen-bond donors (Lipinski definition) is 2. The second-order valence-electron chi connectivity index (χ2n) is 7.63. The fraction of sp³-hybridized carbons (Fsp3) is 0.391. The molecule has 2 aromatic rings. The fourth-order valence-corrected chi connectivity index (χ4v) is 5.55. The van der Waals surface area contributed by atoms with Gasteiger partial charge >= 0.3 is 0 Å². The molecular weight excluding hydrogens is 446 g/mol. The van der Waals surface area contributed by atoms with Crippen molar-refractivity contribution in [3.05, 3.63) is 54.1 Å². The van der Waals surface area contributed by atoms with E-state index in [0.29, 0.717) is 18.8 Å². The van der Waals surface area contributed by atoms with Crippen molar-refractivity contribution in [2.24, 2.45) is 0 Å². The average molecular weight is 476 g/mol. The van der Waals surface area contributed by atoms with Crippen LogP contribution in [0.5, 0.6) is 0 Å². The van der Waals surface area contributed by atoms with E-state index in [1.54, 1.807) is 12.1 Å². The molecule has 0 spiro atoms. The molecule has 2 N–H and O–H groups in total. The Kier molecular flexibility index (Phi) is 8.72. The molecule has 1 saturated heterocycles. The maximum Gasteiger partial charge on any atom is 0.243 e. The number of carbonyl (C=O) groups is 2. The number of benzene rings is 2. The quantitative estimate of drug-likeness (QED) is 0.576. The number of sulfonamides is 1. The number of hydrogen-bond acceptors (Lipinski definition) is 5. The summed E-state index contributed by atoms with van der Waals surface area (Å²) in [6.07, 6.45) is 3.77. The number of rotatable bonds is 9. The first kappa shape index (κ1) is 24.3. The lowest BCUT2D eigenvalue weighted by Gasteiger charge is -2.25. The zero-order valence-electron chi connectivity index (χ0n) is 18.2. The predicted octanol–water partition coefficient (Wildman–Crippen LogP) is 3.73. The Morgan fingerprint density at radius 2 is 1.34 bits per heavy atom. The van der Waals surface area contributed by atoms with Gasteiger partial charge in [0.2, 0.25) is 21.8 Å². The van der Waals surface area contributed by atoms with Crippen LogP contribution in [0.15, 0.2) is 53.4 Å². The van der Waals surface area contributed by atoms with E-state index in [1.165, 1.54) is 33.8 Å². The molecule has 3 rings (SSSR count). The van der Waals surface area contributed by atoms with Gasteiger partial charge in [0.25, 0.3) is 0 Å². The lowest BCUT2D eigenvalue weighted by molar-refractivity contribution is -0.114. The summed E-state index contributed by atoms with van der Waals surface area (Å²) >= 11 is 1.22. The van der Waals surface area contributed by atoms with Gasteiger partial charge in [0.1, 0.15) is 0 Å². The third-order valence-corrected chi connectivity index (χ3v) is 8.05. The molecule has 1 fully saturated rings. The molecule has 7 nitrogen and oxygen atoms in total. The van der Waals surface area contributed by atoms with Gasteiger partial charge in [-0.2, -0.15) is 4.31 Å². The Hall–Kier alpha value is -2.36. The summed E-state index contributed by atoms with van der Waals surface area (Å²) in [6.45, 7) is 3.17. The summed E-state index contributed by atoms with van der Waals surface area (Å²) in [5.74, 6) is -0.132. The highest BCUT2D eigenvalue weighted by atomic mass is 32.2. The smallest absolute Gasteiger partial charge is 0.243 e. The van der Waals surface area contributed by atoms with E-state index >= 15 is 0 Å². The molecule has 1 aliphatic rings. The van der Waals surface area contributed by atoms with E-state index < -0.39 is 10.0 Å². The summed E-state index contributed by atoms with van der Waals surface area (Å²) < 4.78 is 26.9. The van der Waals surface area contributed by atoms with Crippen LogP contribution in [0, 0.1) is 0 Å². The number of anilines is 2. The summed E-state index contributed by atoms with van der Waals surface area (Å²) in [5, 5.41) is 5.55. The number of piperidine rings is 1. The minimum atomic E-state index is -3.49. The fourth-order valence-electron chi connectivity index (χ4n) is 3.42. The maximum atomic E-state index is 12.7. The van der Waals surface area contributed by atoms with E-state index in [-0.39, 0.29) is 28.2 Å². The molecular formula is C23H29N3O4S2. The first-order chi connectivity index (χ1) is 15.4. The minimum Gasteiger partial charge on any atom is -0.325 e. The SMILES string of the molecule is CCc1ccc(NC(=O)CSCC(=O)Nc2ccc(S(=O)(=O)N3CCCCC3)cc2)cc1. The lowest BCUT2D eigenvalue weighted by Crippen LogP contribution is -2.35. The Morgan fingerprint density at radius 1 is 0.844 bits per heavy atom. The van der Waals surface area contributed by atoms with Gasteiger partial charge in [-0.15, -0.1) is 11.8 Å². The number of thioether (sulfide) groups is 1. The average Bonchev–Trinajstić information content (AvgIpc) is 2.80. The topological polar surface area (TPSA) is 95.6 Å². The van der Waals surface area contributed by atoms with Crippen molar-refractivity contribution in [1.82, 2.24) is 4.31 Å². The molecule has 0 bridgehead atoms. The predicted molar refractivity (Wildman–Crippen MR) is 129 cm³/mol. The number of carbonyl (C=O) groups excluding carboxylic acids is 2. The van der Waals surface area contributed by atoms with Crippen LogP contribution in [-0.2, 0) is 26.0 Å². The molecule has 172 valence electrons. The van der Waals surface area contributed by atoms with Gasteiger partial charge in [-0.3, -0.25) is 9.59 Å². The highest BCUT2D eigenvalue weighted by molar-refractivity contribution is 8.00. The Labute approximate surface area is 194 Å². The first-order valence-electron chi connectivity index (χ1n) is 10.7. The van der Waals surface area contributed by atoms with Gasteiger partial charge in [0.15, 0.2) is 0 Å². The standard InChI is InChI=1S/C23H29N3O4S2/c1-2-18-6-8-19(9-7-18)24-22(27)16-31-17-23(28)25-20-10-12-21(13-11-20)32(29,30)26-14-4-3-5-15-26/h6-13H,2-5,14-17H2,1H3,(H,24,27)(H,25,28).